The van der Waals surface area contributed by atoms with Gasteiger partial charge in [0.2, 0.25) is 35.4 Å². The molecule has 6 atom stereocenters. The van der Waals surface area contributed by atoms with Gasteiger partial charge in [-0.15, -0.1) is 0 Å². The minimum Gasteiger partial charge on any atom is -0.361 e. The summed E-state index contributed by atoms with van der Waals surface area (Å²) in [5.41, 5.74) is 1.68. The molecule has 6 N–H and O–H groups in total. The van der Waals surface area contributed by atoms with Crippen LogP contribution in [0.15, 0.2) is 30.5 Å². The zero-order valence-corrected chi connectivity index (χ0v) is 32.7. The van der Waals surface area contributed by atoms with Crippen LogP contribution in [-0.2, 0) is 35.2 Å². The molecule has 0 bridgehead atoms. The predicted octanol–water partition coefficient (Wildman–Crippen LogP) is 3.32. The molecule has 292 valence electrons. The van der Waals surface area contributed by atoms with E-state index in [9.17, 15) is 28.8 Å². The van der Waals surface area contributed by atoms with Gasteiger partial charge in [0, 0.05) is 30.1 Å². The van der Waals surface area contributed by atoms with Crippen molar-refractivity contribution in [3.05, 3.63) is 36.0 Å². The van der Waals surface area contributed by atoms with Gasteiger partial charge in [0.15, 0.2) is 0 Å². The van der Waals surface area contributed by atoms with Crippen LogP contribution in [0.25, 0.3) is 10.9 Å². The first-order valence-corrected chi connectivity index (χ1v) is 19.4. The molecule has 2 aromatic rings. The number of H-pyrrole nitrogens is 1. The van der Waals surface area contributed by atoms with Gasteiger partial charge in [0.05, 0.1) is 0 Å². The summed E-state index contributed by atoms with van der Waals surface area (Å²) in [5, 5.41) is 15.5. The number of aromatic amines is 1. The summed E-state index contributed by atoms with van der Waals surface area (Å²) in [5.74, 6) is -2.87. The van der Waals surface area contributed by atoms with E-state index < -0.39 is 65.8 Å². The highest BCUT2D eigenvalue weighted by Gasteiger charge is 2.41. The molecule has 1 aromatic heterocycles. The quantitative estimate of drug-likeness (QED) is 0.218. The fraction of sp³-hybridized carbons (Fsp3) is 0.650. The van der Waals surface area contributed by atoms with Crippen LogP contribution < -0.4 is 26.6 Å². The number of amides is 6. The van der Waals surface area contributed by atoms with E-state index in [2.05, 4.69) is 31.6 Å². The van der Waals surface area contributed by atoms with Crippen molar-refractivity contribution >= 4 is 46.3 Å². The zero-order valence-electron chi connectivity index (χ0n) is 32.7. The summed E-state index contributed by atoms with van der Waals surface area (Å²) >= 11 is 0. The number of fused-ring (bicyclic) bond motifs is 2. The van der Waals surface area contributed by atoms with Gasteiger partial charge in [-0.3, -0.25) is 28.8 Å². The summed E-state index contributed by atoms with van der Waals surface area (Å²) in [4.78, 5) is 89.3. The fourth-order valence-electron chi connectivity index (χ4n) is 7.39. The van der Waals surface area contributed by atoms with Crippen molar-refractivity contribution in [1.29, 1.82) is 0 Å². The van der Waals surface area contributed by atoms with Gasteiger partial charge < -0.3 is 36.5 Å². The van der Waals surface area contributed by atoms with Crippen LogP contribution in [0.4, 0.5) is 0 Å². The van der Waals surface area contributed by atoms with Crippen molar-refractivity contribution < 1.29 is 28.8 Å². The molecule has 1 aromatic carbocycles. The number of para-hydroxylation sites is 1. The Labute approximate surface area is 313 Å². The number of hydrogen-bond donors (Lipinski definition) is 6. The number of rotatable bonds is 10. The zero-order chi connectivity index (χ0) is 39.0. The Kier molecular flexibility index (Phi) is 14.5. The van der Waals surface area contributed by atoms with Gasteiger partial charge in [0.25, 0.3) is 0 Å². The van der Waals surface area contributed by atoms with Gasteiger partial charge in [-0.1, -0.05) is 73.6 Å². The van der Waals surface area contributed by atoms with Crippen molar-refractivity contribution in [2.24, 2.45) is 23.7 Å². The Morgan fingerprint density at radius 3 is 1.53 bits per heavy atom. The molecule has 0 aliphatic carbocycles. The van der Waals surface area contributed by atoms with Crippen LogP contribution in [-0.4, -0.2) is 88.1 Å². The summed E-state index contributed by atoms with van der Waals surface area (Å²) in [6.07, 6.45) is 4.10. The fourth-order valence-corrected chi connectivity index (χ4v) is 7.39. The number of nitrogens with one attached hydrogen (secondary N) is 6. The van der Waals surface area contributed by atoms with E-state index in [1.54, 1.807) is 6.20 Å². The third-order valence-electron chi connectivity index (χ3n) is 9.91. The lowest BCUT2D eigenvalue weighted by Gasteiger charge is -2.32. The van der Waals surface area contributed by atoms with E-state index in [1.807, 2.05) is 79.7 Å². The smallest absolute Gasteiger partial charge is 0.245 e. The molecule has 3 heterocycles. The molecular formula is C40H61N7O6. The molecule has 6 amide bonds. The molecule has 2 saturated heterocycles. The van der Waals surface area contributed by atoms with Crippen molar-refractivity contribution in [3.8, 4) is 0 Å². The SMILES string of the molecule is CC(C)C[C@@H]1NC(=O)[C@@H](CC(C)C)NC(=O)[C@@H](CC(C)C)NC(=O)[C@H](Cc2c[nH]c3ccccc23)NC(=O)[C@@H]2CCCN2C(=O)[C@@H](CC(C)C)NC1=O. The van der Waals surface area contributed by atoms with E-state index in [-0.39, 0.29) is 42.4 Å². The monoisotopic (exact) mass is 735 g/mol. The van der Waals surface area contributed by atoms with E-state index in [1.165, 1.54) is 4.90 Å². The molecule has 13 heteroatoms. The van der Waals surface area contributed by atoms with E-state index >= 15 is 0 Å². The Morgan fingerprint density at radius 1 is 0.585 bits per heavy atom. The van der Waals surface area contributed by atoms with Crippen LogP contribution in [0, 0.1) is 23.7 Å². The molecule has 2 aliphatic rings. The third-order valence-corrected chi connectivity index (χ3v) is 9.91. The predicted molar refractivity (Wildman–Crippen MR) is 204 cm³/mol. The van der Waals surface area contributed by atoms with Crippen LogP contribution in [0.5, 0.6) is 0 Å². The number of benzene rings is 1. The first-order valence-electron chi connectivity index (χ1n) is 19.4. The Hall–Kier alpha value is -4.42. The Balaban J connectivity index is 1.78. The van der Waals surface area contributed by atoms with E-state index in [4.69, 9.17) is 0 Å². The van der Waals surface area contributed by atoms with Gasteiger partial charge in [-0.05, 0) is 73.8 Å². The lowest BCUT2D eigenvalue weighted by Crippen LogP contribution is -2.61. The van der Waals surface area contributed by atoms with Crippen LogP contribution >= 0.6 is 0 Å². The highest BCUT2D eigenvalue weighted by Crippen LogP contribution is 2.23. The molecular weight excluding hydrogens is 674 g/mol. The number of hydrogen-bond acceptors (Lipinski definition) is 6. The summed E-state index contributed by atoms with van der Waals surface area (Å²) in [6, 6.07) is 1.81. The van der Waals surface area contributed by atoms with Crippen LogP contribution in [0.2, 0.25) is 0 Å². The highest BCUT2D eigenvalue weighted by molar-refractivity contribution is 5.98. The molecule has 53 heavy (non-hydrogen) atoms. The molecule has 0 unspecified atom stereocenters. The minimum absolute atomic E-state index is 0.00101. The molecule has 13 nitrogen and oxygen atoms in total. The molecule has 4 rings (SSSR count). The highest BCUT2D eigenvalue weighted by atomic mass is 16.2. The number of nitrogens with zero attached hydrogens (tertiary/aromatic N) is 1. The maximum absolute atomic E-state index is 14.3. The third kappa shape index (κ3) is 11.3. The second-order valence-electron chi connectivity index (χ2n) is 16.6. The molecule has 2 fully saturated rings. The van der Waals surface area contributed by atoms with E-state index in [0.29, 0.717) is 38.6 Å². The minimum atomic E-state index is -1.08. The maximum Gasteiger partial charge on any atom is 0.245 e. The molecule has 2 aliphatic heterocycles. The van der Waals surface area contributed by atoms with Gasteiger partial charge in [-0.2, -0.15) is 0 Å². The second kappa shape index (κ2) is 18.6. The number of carbonyl (C=O) groups is 6. The lowest BCUT2D eigenvalue weighted by atomic mass is 9.97. The molecule has 0 saturated carbocycles. The summed E-state index contributed by atoms with van der Waals surface area (Å²) in [7, 11) is 0. The average molecular weight is 736 g/mol. The number of aromatic nitrogens is 1. The van der Waals surface area contributed by atoms with E-state index in [0.717, 1.165) is 16.5 Å². The number of carbonyl (C=O) groups excluding carboxylic acids is 6. The lowest BCUT2D eigenvalue weighted by molar-refractivity contribution is -0.143. The summed E-state index contributed by atoms with van der Waals surface area (Å²) < 4.78 is 0. The standard InChI is InChI=1S/C40H61N7O6/c1-22(2)16-29-35(48)43-31(18-24(5)6)37(50)46-33(19-25(7)8)40(53)47-15-11-14-34(47)39(52)45-32(20-26-21-41-28-13-10-9-12-27(26)28)38(51)44-30(17-23(3)4)36(49)42-29/h9-10,12-13,21-25,29-34,41H,11,14-20H2,1-8H3,(H,42,49)(H,43,48)(H,44,51)(H,45,52)(H,46,50)/t29-,30-,31+,32+,33-,34+/m1/s1. The van der Waals surface area contributed by atoms with Crippen molar-refractivity contribution in [1.82, 2.24) is 36.5 Å². The first kappa shape index (κ1) is 41.3. The topological polar surface area (TPSA) is 182 Å². The van der Waals surface area contributed by atoms with Crippen molar-refractivity contribution in [2.75, 3.05) is 6.54 Å². The Bertz CT molecular complexity index is 1620. The van der Waals surface area contributed by atoms with Crippen LogP contribution in [0.3, 0.4) is 0 Å². The second-order valence-corrected chi connectivity index (χ2v) is 16.6. The van der Waals surface area contributed by atoms with Gasteiger partial charge in [0.1, 0.15) is 36.3 Å². The van der Waals surface area contributed by atoms with Crippen LogP contribution in [0.1, 0.15) is 99.5 Å². The summed E-state index contributed by atoms with van der Waals surface area (Å²) in [6.45, 7) is 15.8. The Morgan fingerprint density at radius 2 is 1.02 bits per heavy atom. The molecule has 0 spiro atoms. The maximum atomic E-state index is 14.3. The van der Waals surface area contributed by atoms with Gasteiger partial charge in [-0.25, -0.2) is 0 Å². The first-order chi connectivity index (χ1) is 25.0. The average Bonchev–Trinajstić information content (AvgIpc) is 3.73. The largest absolute Gasteiger partial charge is 0.361 e. The normalized spacial score (nSPS) is 25.6. The van der Waals surface area contributed by atoms with Crippen molar-refractivity contribution in [2.45, 2.75) is 137 Å². The van der Waals surface area contributed by atoms with Crippen molar-refractivity contribution in [3.63, 3.8) is 0 Å². The van der Waals surface area contributed by atoms with Gasteiger partial charge >= 0.3 is 0 Å². The molecule has 0 radical (unpaired) electrons.